The zero-order valence-corrected chi connectivity index (χ0v) is 18.1. The molecule has 2 aromatic rings. The van der Waals surface area contributed by atoms with Crippen LogP contribution in [0.15, 0.2) is 0 Å². The molecule has 0 bridgehead atoms. The summed E-state index contributed by atoms with van der Waals surface area (Å²) < 4.78 is 0. The van der Waals surface area contributed by atoms with Gasteiger partial charge in [0.1, 0.15) is 16.5 Å². The lowest BCUT2D eigenvalue weighted by atomic mass is 9.97. The molecule has 3 heterocycles. The summed E-state index contributed by atoms with van der Waals surface area (Å²) in [7, 11) is 5.60. The van der Waals surface area contributed by atoms with Crippen LogP contribution in [0.3, 0.4) is 0 Å². The monoisotopic (exact) mass is 401 g/mol. The van der Waals surface area contributed by atoms with E-state index in [2.05, 4.69) is 4.90 Å². The van der Waals surface area contributed by atoms with Crippen molar-refractivity contribution in [3.05, 3.63) is 16.3 Å². The lowest BCUT2D eigenvalue weighted by molar-refractivity contribution is -0.127. The largest absolute Gasteiger partial charge is 0.350 e. The van der Waals surface area contributed by atoms with Crippen molar-refractivity contribution in [2.24, 2.45) is 0 Å². The van der Waals surface area contributed by atoms with Crippen LogP contribution in [0.1, 0.15) is 48.4 Å². The maximum Gasteiger partial charge on any atom is 0.241 e. The van der Waals surface area contributed by atoms with Gasteiger partial charge < -0.3 is 9.80 Å². The number of carbonyl (C=O) groups excluding carboxylic acids is 1. The van der Waals surface area contributed by atoms with Gasteiger partial charge in [0.15, 0.2) is 0 Å². The summed E-state index contributed by atoms with van der Waals surface area (Å²) >= 11 is 1.84. The Morgan fingerprint density at radius 1 is 1.04 bits per heavy atom. The Morgan fingerprint density at radius 3 is 2.54 bits per heavy atom. The summed E-state index contributed by atoms with van der Waals surface area (Å²) in [6, 6.07) is 0. The molecule has 0 N–H and O–H groups in total. The van der Waals surface area contributed by atoms with Crippen LogP contribution in [0.25, 0.3) is 10.2 Å². The first-order valence-electron chi connectivity index (χ1n) is 10.5. The zero-order chi connectivity index (χ0) is 19.7. The van der Waals surface area contributed by atoms with Gasteiger partial charge in [0.2, 0.25) is 5.91 Å². The van der Waals surface area contributed by atoms with Crippen LogP contribution in [-0.2, 0) is 24.2 Å². The smallest absolute Gasteiger partial charge is 0.241 e. The van der Waals surface area contributed by atoms with Gasteiger partial charge in [-0.3, -0.25) is 9.69 Å². The summed E-state index contributed by atoms with van der Waals surface area (Å²) in [6.45, 7) is 3.41. The van der Waals surface area contributed by atoms with E-state index >= 15 is 0 Å². The van der Waals surface area contributed by atoms with Crippen molar-refractivity contribution in [3.63, 3.8) is 0 Å². The number of likely N-dealkylation sites (tertiary alicyclic amines) is 1. The predicted molar refractivity (Wildman–Crippen MR) is 115 cm³/mol. The van der Waals surface area contributed by atoms with Crippen LogP contribution in [0.2, 0.25) is 0 Å². The minimum Gasteiger partial charge on any atom is -0.350 e. The first-order chi connectivity index (χ1) is 13.5. The molecule has 0 saturated carbocycles. The van der Waals surface area contributed by atoms with Gasteiger partial charge in [-0.2, -0.15) is 0 Å². The molecule has 152 valence electrons. The number of thiophene rings is 1. The number of amides is 1. The van der Waals surface area contributed by atoms with Gasteiger partial charge in [0.25, 0.3) is 0 Å². The molecule has 2 aromatic heterocycles. The normalized spacial score (nSPS) is 17.5. The Bertz CT molecular complexity index is 856. The van der Waals surface area contributed by atoms with E-state index in [9.17, 15) is 4.79 Å². The minimum absolute atomic E-state index is 0.0935. The van der Waals surface area contributed by atoms with E-state index < -0.39 is 0 Å². The van der Waals surface area contributed by atoms with Crippen LogP contribution >= 0.6 is 11.3 Å². The molecular weight excluding hydrogens is 370 g/mol. The SMILES string of the molecule is CN(C)C(=O)CN(C)c1nc(CN2CCCCC2)nc2sc3c(c12)CCCC3. The topological polar surface area (TPSA) is 52.6 Å². The van der Waals surface area contributed by atoms with Crippen molar-refractivity contribution in [2.45, 2.75) is 51.5 Å². The maximum absolute atomic E-state index is 12.3. The van der Waals surface area contributed by atoms with Crippen molar-refractivity contribution in [3.8, 4) is 0 Å². The van der Waals surface area contributed by atoms with Crippen LogP contribution in [-0.4, -0.2) is 66.5 Å². The van der Waals surface area contributed by atoms with E-state index in [1.54, 1.807) is 19.0 Å². The number of nitrogens with zero attached hydrogens (tertiary/aromatic N) is 5. The lowest BCUT2D eigenvalue weighted by Gasteiger charge is -2.26. The van der Waals surface area contributed by atoms with Crippen molar-refractivity contribution in [1.29, 1.82) is 0 Å². The van der Waals surface area contributed by atoms with Gasteiger partial charge in [-0.1, -0.05) is 6.42 Å². The van der Waals surface area contributed by atoms with Crippen LogP contribution in [0, 0.1) is 0 Å². The summed E-state index contributed by atoms with van der Waals surface area (Å²) in [6.07, 6.45) is 8.60. The highest BCUT2D eigenvalue weighted by molar-refractivity contribution is 7.19. The Labute approximate surface area is 171 Å². The molecule has 0 spiro atoms. The van der Waals surface area contributed by atoms with E-state index in [-0.39, 0.29) is 5.91 Å². The first-order valence-corrected chi connectivity index (χ1v) is 11.3. The zero-order valence-electron chi connectivity index (χ0n) is 17.3. The molecule has 1 aliphatic heterocycles. The molecule has 0 radical (unpaired) electrons. The van der Waals surface area contributed by atoms with Crippen LogP contribution in [0.4, 0.5) is 5.82 Å². The van der Waals surface area contributed by atoms with Gasteiger partial charge in [0.05, 0.1) is 18.5 Å². The number of hydrogen-bond acceptors (Lipinski definition) is 6. The fourth-order valence-corrected chi connectivity index (χ4v) is 5.54. The molecule has 2 aliphatic rings. The molecule has 1 fully saturated rings. The van der Waals surface area contributed by atoms with Crippen molar-refractivity contribution < 1.29 is 4.79 Å². The molecule has 1 aliphatic carbocycles. The molecule has 1 amide bonds. The Kier molecular flexibility index (Phi) is 5.83. The minimum atomic E-state index is 0.0935. The molecule has 0 atom stereocenters. The van der Waals surface area contributed by atoms with E-state index in [1.807, 2.05) is 23.3 Å². The Morgan fingerprint density at radius 2 is 1.79 bits per heavy atom. The molecule has 7 heteroatoms. The number of rotatable bonds is 5. The number of piperidine rings is 1. The third-order valence-corrected chi connectivity index (χ3v) is 7.07. The lowest BCUT2D eigenvalue weighted by Crippen LogP contribution is -2.35. The second-order valence-electron chi connectivity index (χ2n) is 8.34. The summed E-state index contributed by atoms with van der Waals surface area (Å²) in [5.74, 6) is 1.93. The highest BCUT2D eigenvalue weighted by atomic mass is 32.1. The van der Waals surface area contributed by atoms with Crippen LogP contribution in [0.5, 0.6) is 0 Å². The predicted octanol–water partition coefficient (Wildman–Crippen LogP) is 3.08. The molecule has 4 rings (SSSR count). The molecule has 0 unspecified atom stereocenters. The third kappa shape index (κ3) is 4.01. The summed E-state index contributed by atoms with van der Waals surface area (Å²) in [5, 5.41) is 1.19. The number of aryl methyl sites for hydroxylation is 2. The van der Waals surface area contributed by atoms with Gasteiger partial charge in [0, 0.05) is 26.0 Å². The second kappa shape index (κ2) is 8.33. The van der Waals surface area contributed by atoms with E-state index in [0.29, 0.717) is 6.54 Å². The number of carbonyl (C=O) groups is 1. The molecule has 28 heavy (non-hydrogen) atoms. The number of aromatic nitrogens is 2. The third-order valence-electron chi connectivity index (χ3n) is 5.89. The van der Waals surface area contributed by atoms with Gasteiger partial charge in [-0.15, -0.1) is 11.3 Å². The van der Waals surface area contributed by atoms with E-state index in [4.69, 9.17) is 9.97 Å². The fourth-order valence-electron chi connectivity index (χ4n) is 4.26. The highest BCUT2D eigenvalue weighted by Gasteiger charge is 2.24. The molecule has 1 saturated heterocycles. The highest BCUT2D eigenvalue weighted by Crippen LogP contribution is 2.39. The van der Waals surface area contributed by atoms with Crippen LogP contribution < -0.4 is 4.90 Å². The number of hydrogen-bond donors (Lipinski definition) is 0. The van der Waals surface area contributed by atoms with Gasteiger partial charge in [-0.25, -0.2) is 9.97 Å². The molecule has 0 aromatic carbocycles. The average molecular weight is 402 g/mol. The average Bonchev–Trinajstić information content (AvgIpc) is 3.06. The Balaban J connectivity index is 1.72. The Hall–Kier alpha value is -1.73. The van der Waals surface area contributed by atoms with Crippen molar-refractivity contribution in [1.82, 2.24) is 19.8 Å². The number of fused-ring (bicyclic) bond motifs is 3. The summed E-state index contributed by atoms with van der Waals surface area (Å²) in [5.41, 5.74) is 1.43. The molecular formula is C21H31N5OS. The van der Waals surface area contributed by atoms with Crippen molar-refractivity contribution in [2.75, 3.05) is 45.7 Å². The maximum atomic E-state index is 12.3. The standard InChI is InChI=1S/C21H31N5OS/c1-24(2)18(27)14-25(3)20-19-15-9-5-6-10-16(15)28-21(19)23-17(22-20)13-26-11-7-4-8-12-26/h4-14H2,1-3H3. The summed E-state index contributed by atoms with van der Waals surface area (Å²) in [4.78, 5) is 31.0. The van der Waals surface area contributed by atoms with E-state index in [1.165, 1.54) is 47.9 Å². The second-order valence-corrected chi connectivity index (χ2v) is 9.42. The quantitative estimate of drug-likeness (QED) is 0.771. The number of anilines is 1. The number of likely N-dealkylation sites (N-methyl/N-ethyl adjacent to an activating group) is 2. The van der Waals surface area contributed by atoms with Crippen molar-refractivity contribution >= 4 is 33.3 Å². The first kappa shape index (κ1) is 19.6. The van der Waals surface area contributed by atoms with E-state index in [0.717, 1.165) is 48.9 Å². The van der Waals surface area contributed by atoms with Gasteiger partial charge in [-0.05, 0) is 57.2 Å². The fraction of sp³-hybridized carbons (Fsp3) is 0.667. The van der Waals surface area contributed by atoms with Gasteiger partial charge >= 0.3 is 0 Å². The molecule has 6 nitrogen and oxygen atoms in total.